The van der Waals surface area contributed by atoms with Gasteiger partial charge in [0.2, 0.25) is 0 Å². The molecule has 0 atom stereocenters. The van der Waals surface area contributed by atoms with E-state index in [1.165, 1.54) is 7.11 Å². The van der Waals surface area contributed by atoms with E-state index in [-0.39, 0.29) is 4.90 Å². The smallest absolute Gasteiger partial charge is 0.179 e. The molecule has 0 spiro atoms. The number of methoxy groups -OCH3 is 1. The largest absolute Gasteiger partial charge is 0.494 e. The zero-order chi connectivity index (χ0) is 13.4. The first-order valence-corrected chi connectivity index (χ1v) is 7.62. The molecule has 1 aromatic carbocycles. The predicted octanol–water partition coefficient (Wildman–Crippen LogP) is 2.05. The van der Waals surface area contributed by atoms with Crippen LogP contribution >= 0.6 is 15.9 Å². The van der Waals surface area contributed by atoms with Gasteiger partial charge in [-0.2, -0.15) is 0 Å². The molecule has 6 heteroatoms. The number of rotatable bonds is 3. The Bertz CT molecular complexity index is 532. The Morgan fingerprint density at radius 1 is 1.35 bits per heavy atom. The van der Waals surface area contributed by atoms with Crippen LogP contribution in [0.25, 0.3) is 0 Å². The number of hydrogen-bond acceptors (Lipinski definition) is 4. The summed E-state index contributed by atoms with van der Waals surface area (Å²) >= 11 is 3.30. The van der Waals surface area contributed by atoms with Crippen LogP contribution in [0.1, 0.15) is 19.4 Å². The molecule has 1 aromatic rings. The molecule has 96 valence electrons. The fourth-order valence-electron chi connectivity index (χ4n) is 1.41. The van der Waals surface area contributed by atoms with Crippen molar-refractivity contribution in [2.75, 3.05) is 13.4 Å². The highest BCUT2D eigenvalue weighted by atomic mass is 79.9. The first-order valence-electron chi connectivity index (χ1n) is 4.94. The molecule has 0 aliphatic heterocycles. The summed E-state index contributed by atoms with van der Waals surface area (Å²) in [6.07, 6.45) is 1.14. The van der Waals surface area contributed by atoms with E-state index in [1.807, 2.05) is 13.8 Å². The van der Waals surface area contributed by atoms with E-state index in [0.29, 0.717) is 10.2 Å². The van der Waals surface area contributed by atoms with Gasteiger partial charge in [-0.1, -0.05) is 0 Å². The maximum absolute atomic E-state index is 11.7. The van der Waals surface area contributed by atoms with Gasteiger partial charge in [-0.15, -0.1) is 0 Å². The van der Waals surface area contributed by atoms with Crippen molar-refractivity contribution in [3.05, 3.63) is 22.2 Å². The van der Waals surface area contributed by atoms with Crippen LogP contribution < -0.4 is 10.5 Å². The Morgan fingerprint density at radius 2 is 1.88 bits per heavy atom. The van der Waals surface area contributed by atoms with Crippen LogP contribution in [0.3, 0.4) is 0 Å². The zero-order valence-corrected chi connectivity index (χ0v) is 12.6. The first kappa shape index (κ1) is 14.5. The number of ether oxygens (including phenoxy) is 1. The minimum atomic E-state index is -3.36. The lowest BCUT2D eigenvalue weighted by Gasteiger charge is -2.21. The van der Waals surface area contributed by atoms with E-state index in [2.05, 4.69) is 15.9 Å². The summed E-state index contributed by atoms with van der Waals surface area (Å²) < 4.78 is 29.1. The summed E-state index contributed by atoms with van der Waals surface area (Å²) in [5, 5.41) is 0. The quantitative estimate of drug-likeness (QED) is 0.925. The van der Waals surface area contributed by atoms with Crippen molar-refractivity contribution in [3.8, 4) is 5.75 Å². The van der Waals surface area contributed by atoms with Gasteiger partial charge in [-0.25, -0.2) is 8.42 Å². The van der Waals surface area contributed by atoms with Crippen molar-refractivity contribution in [2.24, 2.45) is 5.73 Å². The van der Waals surface area contributed by atoms with Gasteiger partial charge in [0.05, 0.1) is 11.6 Å². The summed E-state index contributed by atoms with van der Waals surface area (Å²) in [6, 6.07) is 3.33. The minimum Gasteiger partial charge on any atom is -0.494 e. The van der Waals surface area contributed by atoms with Crippen molar-refractivity contribution in [2.45, 2.75) is 24.3 Å². The average Bonchev–Trinajstić information content (AvgIpc) is 2.13. The van der Waals surface area contributed by atoms with Crippen molar-refractivity contribution in [3.63, 3.8) is 0 Å². The van der Waals surface area contributed by atoms with Gasteiger partial charge in [-0.05, 0) is 47.5 Å². The van der Waals surface area contributed by atoms with Crippen LogP contribution in [0.5, 0.6) is 5.75 Å². The molecule has 4 nitrogen and oxygen atoms in total. The van der Waals surface area contributed by atoms with Gasteiger partial charge in [0.25, 0.3) is 0 Å². The third-order valence-electron chi connectivity index (χ3n) is 2.36. The predicted molar refractivity (Wildman–Crippen MR) is 71.0 cm³/mol. The molecule has 2 N–H and O–H groups in total. The molecule has 0 unspecified atom stereocenters. The second-order valence-electron chi connectivity index (χ2n) is 4.48. The lowest BCUT2D eigenvalue weighted by atomic mass is 9.96. The third kappa shape index (κ3) is 3.20. The molecule has 0 saturated carbocycles. The number of halogens is 1. The molecule has 0 aromatic heterocycles. The number of sulfone groups is 1. The maximum atomic E-state index is 11.7. The van der Waals surface area contributed by atoms with Gasteiger partial charge in [0, 0.05) is 11.8 Å². The fourth-order valence-corrected chi connectivity index (χ4v) is 3.04. The van der Waals surface area contributed by atoms with Crippen LogP contribution in [0.4, 0.5) is 0 Å². The van der Waals surface area contributed by atoms with Crippen LogP contribution in [0, 0.1) is 0 Å². The molecular weight excluding hydrogens is 306 g/mol. The summed E-state index contributed by atoms with van der Waals surface area (Å²) in [4.78, 5) is 0.142. The summed E-state index contributed by atoms with van der Waals surface area (Å²) in [7, 11) is -1.93. The van der Waals surface area contributed by atoms with E-state index in [4.69, 9.17) is 10.5 Å². The monoisotopic (exact) mass is 321 g/mol. The van der Waals surface area contributed by atoms with E-state index in [9.17, 15) is 8.42 Å². The topological polar surface area (TPSA) is 69.4 Å². The van der Waals surface area contributed by atoms with Crippen LogP contribution in [0.15, 0.2) is 21.5 Å². The molecule has 0 aliphatic carbocycles. The molecule has 1 rings (SSSR count). The third-order valence-corrected chi connectivity index (χ3v) is 4.05. The zero-order valence-electron chi connectivity index (χ0n) is 10.2. The van der Waals surface area contributed by atoms with Crippen LogP contribution in [-0.4, -0.2) is 21.8 Å². The molecule has 0 heterocycles. The lowest BCUT2D eigenvalue weighted by molar-refractivity contribution is 0.399. The minimum absolute atomic E-state index is 0.142. The van der Waals surface area contributed by atoms with Gasteiger partial charge in [0.1, 0.15) is 4.90 Å². The maximum Gasteiger partial charge on any atom is 0.179 e. The Balaban J connectivity index is 3.63. The van der Waals surface area contributed by atoms with Gasteiger partial charge >= 0.3 is 0 Å². The number of nitrogens with two attached hydrogens (primary N) is 1. The fraction of sp³-hybridized carbons (Fsp3) is 0.455. The molecule has 0 radical (unpaired) electrons. The Labute approximate surface area is 110 Å². The van der Waals surface area contributed by atoms with Crippen molar-refractivity contribution >= 4 is 25.8 Å². The Hall–Kier alpha value is -0.590. The van der Waals surface area contributed by atoms with Crippen LogP contribution in [-0.2, 0) is 15.4 Å². The van der Waals surface area contributed by atoms with Crippen molar-refractivity contribution in [1.82, 2.24) is 0 Å². The van der Waals surface area contributed by atoms with E-state index in [0.717, 1.165) is 11.8 Å². The molecule has 0 aliphatic rings. The van der Waals surface area contributed by atoms with Crippen molar-refractivity contribution < 1.29 is 13.2 Å². The molecule has 0 bridgehead atoms. The first-order chi connectivity index (χ1) is 7.57. The number of hydrogen-bond donors (Lipinski definition) is 1. The van der Waals surface area contributed by atoms with Gasteiger partial charge in [0.15, 0.2) is 15.6 Å². The van der Waals surface area contributed by atoms with Gasteiger partial charge in [-0.3, -0.25) is 0 Å². The van der Waals surface area contributed by atoms with E-state index >= 15 is 0 Å². The highest BCUT2D eigenvalue weighted by Crippen LogP contribution is 2.36. The van der Waals surface area contributed by atoms with Gasteiger partial charge < -0.3 is 10.5 Å². The highest BCUT2D eigenvalue weighted by Gasteiger charge is 2.23. The molecule has 0 fully saturated rings. The standard InChI is InChI=1S/C11H16BrNO3S/c1-11(2,13)7-5-8(12)10(16-3)9(6-7)17(4,14)15/h5-6H,13H2,1-4H3. The van der Waals surface area contributed by atoms with Crippen LogP contribution in [0.2, 0.25) is 0 Å². The summed E-state index contributed by atoms with van der Waals surface area (Å²) in [5.74, 6) is 0.306. The number of benzene rings is 1. The SMILES string of the molecule is COc1c(Br)cc(C(C)(C)N)cc1S(C)(=O)=O. The molecular formula is C11H16BrNO3S. The average molecular weight is 322 g/mol. The summed E-state index contributed by atoms with van der Waals surface area (Å²) in [5.41, 5.74) is 6.08. The molecule has 0 saturated heterocycles. The highest BCUT2D eigenvalue weighted by molar-refractivity contribution is 9.10. The Morgan fingerprint density at radius 3 is 2.24 bits per heavy atom. The molecule has 17 heavy (non-hydrogen) atoms. The summed E-state index contributed by atoms with van der Waals surface area (Å²) in [6.45, 7) is 3.63. The molecule has 0 amide bonds. The van der Waals surface area contributed by atoms with Crippen molar-refractivity contribution in [1.29, 1.82) is 0 Å². The van der Waals surface area contributed by atoms with E-state index < -0.39 is 15.4 Å². The normalized spacial score (nSPS) is 12.6. The second kappa shape index (κ2) is 4.59. The van der Waals surface area contributed by atoms with E-state index in [1.54, 1.807) is 12.1 Å². The Kier molecular flexibility index (Phi) is 3.91. The lowest BCUT2D eigenvalue weighted by Crippen LogP contribution is -2.29. The second-order valence-corrected chi connectivity index (χ2v) is 7.32.